The molecule has 0 spiro atoms. The number of halogens is 2. The molecule has 0 fully saturated rings. The van der Waals surface area contributed by atoms with Gasteiger partial charge in [-0.15, -0.1) is 0 Å². The maximum Gasteiger partial charge on any atom is 0.387 e. The van der Waals surface area contributed by atoms with Crippen LogP contribution in [0.4, 0.5) is 8.78 Å². The number of alkyl halides is 2. The number of carbonyl (C=O) groups is 1. The fourth-order valence-electron chi connectivity index (χ4n) is 3.41. The van der Waals surface area contributed by atoms with E-state index in [2.05, 4.69) is 14.7 Å². The van der Waals surface area contributed by atoms with E-state index in [1.165, 1.54) is 23.1 Å². The van der Waals surface area contributed by atoms with E-state index < -0.39 is 12.5 Å². The van der Waals surface area contributed by atoms with Crippen LogP contribution >= 0.6 is 0 Å². The number of rotatable bonds is 7. The first-order valence-electron chi connectivity index (χ1n) is 9.86. The number of amides is 1. The average Bonchev–Trinajstić information content (AvgIpc) is 2.79. The molecular formula is C24H19F2N3O3. The molecule has 1 amide bonds. The van der Waals surface area contributed by atoms with Gasteiger partial charge in [0.15, 0.2) is 0 Å². The van der Waals surface area contributed by atoms with Crippen molar-refractivity contribution >= 4 is 16.8 Å². The van der Waals surface area contributed by atoms with Crippen molar-refractivity contribution in [2.45, 2.75) is 19.7 Å². The Bertz CT molecular complexity index is 1290. The molecule has 0 aliphatic rings. The number of ether oxygens (including phenoxy) is 1. The lowest BCUT2D eigenvalue weighted by atomic mass is 10.1. The van der Waals surface area contributed by atoms with Gasteiger partial charge in [-0.3, -0.25) is 9.59 Å². The summed E-state index contributed by atoms with van der Waals surface area (Å²) in [7, 11) is 0. The number of hydrogen-bond donors (Lipinski definition) is 1. The molecule has 6 nitrogen and oxygen atoms in total. The Hall–Kier alpha value is -4.07. The topological polar surface area (TPSA) is 75.3 Å². The zero-order chi connectivity index (χ0) is 22.5. The zero-order valence-corrected chi connectivity index (χ0v) is 16.9. The summed E-state index contributed by atoms with van der Waals surface area (Å²) in [5.74, 6) is -0.461. The molecule has 0 aliphatic carbocycles. The van der Waals surface area contributed by atoms with Crippen molar-refractivity contribution < 1.29 is 18.3 Å². The molecule has 0 radical (unpaired) electrons. The van der Waals surface area contributed by atoms with Crippen LogP contribution in [-0.2, 0) is 13.1 Å². The molecule has 0 bridgehead atoms. The van der Waals surface area contributed by atoms with E-state index in [1.54, 1.807) is 30.3 Å². The number of aromatic amines is 1. The molecule has 4 rings (SSSR count). The summed E-state index contributed by atoms with van der Waals surface area (Å²) in [6.45, 7) is -2.92. The van der Waals surface area contributed by atoms with Crippen molar-refractivity contribution in [1.29, 1.82) is 0 Å². The van der Waals surface area contributed by atoms with Gasteiger partial charge in [0.2, 0.25) is 0 Å². The van der Waals surface area contributed by atoms with Crippen LogP contribution in [0.15, 0.2) is 83.7 Å². The molecule has 3 aromatic carbocycles. The molecule has 0 atom stereocenters. The van der Waals surface area contributed by atoms with Crippen molar-refractivity contribution in [3.8, 4) is 5.75 Å². The Labute approximate surface area is 182 Å². The summed E-state index contributed by atoms with van der Waals surface area (Å²) in [6.07, 6.45) is 0. The Morgan fingerprint density at radius 2 is 1.62 bits per heavy atom. The standard InChI is InChI=1S/C24H19F2N3O3/c25-24(26)32-20-13-7-5-11-18(20)23(31)29(14-16-8-2-1-3-9-16)15-21-27-19-12-6-4-10-17(19)22(30)28-21/h1-13,24H,14-15H2,(H,27,28,30). The Kier molecular flexibility index (Phi) is 6.21. The highest BCUT2D eigenvalue weighted by molar-refractivity contribution is 5.96. The molecule has 1 heterocycles. The summed E-state index contributed by atoms with van der Waals surface area (Å²) in [5, 5.41) is 0.438. The lowest BCUT2D eigenvalue weighted by molar-refractivity contribution is -0.0503. The lowest BCUT2D eigenvalue weighted by Gasteiger charge is -2.23. The summed E-state index contributed by atoms with van der Waals surface area (Å²) in [4.78, 5) is 34.4. The van der Waals surface area contributed by atoms with Crippen LogP contribution in [0, 0.1) is 0 Å². The van der Waals surface area contributed by atoms with Gasteiger partial charge >= 0.3 is 6.61 Å². The fourth-order valence-corrected chi connectivity index (χ4v) is 3.41. The van der Waals surface area contributed by atoms with Crippen molar-refractivity contribution in [3.63, 3.8) is 0 Å². The normalized spacial score (nSPS) is 11.0. The van der Waals surface area contributed by atoms with Crippen LogP contribution < -0.4 is 10.3 Å². The van der Waals surface area contributed by atoms with Crippen LogP contribution in [0.2, 0.25) is 0 Å². The van der Waals surface area contributed by atoms with Crippen molar-refractivity contribution in [1.82, 2.24) is 14.9 Å². The molecule has 8 heteroatoms. The van der Waals surface area contributed by atoms with Crippen LogP contribution in [0.1, 0.15) is 21.7 Å². The Morgan fingerprint density at radius 3 is 2.41 bits per heavy atom. The molecule has 4 aromatic rings. The predicted octanol–water partition coefficient (Wildman–Crippen LogP) is 4.37. The van der Waals surface area contributed by atoms with E-state index in [1.807, 2.05) is 30.3 Å². The van der Waals surface area contributed by atoms with Gasteiger partial charge in [-0.05, 0) is 29.8 Å². The zero-order valence-electron chi connectivity index (χ0n) is 16.9. The Balaban J connectivity index is 1.71. The monoisotopic (exact) mass is 435 g/mol. The number of para-hydroxylation sites is 2. The molecule has 32 heavy (non-hydrogen) atoms. The first kappa shape index (κ1) is 21.2. The maximum atomic E-state index is 13.4. The number of carbonyl (C=O) groups excluding carboxylic acids is 1. The first-order valence-corrected chi connectivity index (χ1v) is 9.86. The highest BCUT2D eigenvalue weighted by Gasteiger charge is 2.22. The van der Waals surface area contributed by atoms with Gasteiger partial charge in [-0.25, -0.2) is 4.98 Å². The largest absolute Gasteiger partial charge is 0.434 e. The summed E-state index contributed by atoms with van der Waals surface area (Å²) < 4.78 is 30.2. The third kappa shape index (κ3) is 4.80. The number of H-pyrrole nitrogens is 1. The number of aromatic nitrogens is 2. The van der Waals surface area contributed by atoms with E-state index in [0.717, 1.165) is 5.56 Å². The summed E-state index contributed by atoms with van der Waals surface area (Å²) >= 11 is 0. The van der Waals surface area contributed by atoms with Crippen molar-refractivity contribution in [2.24, 2.45) is 0 Å². The molecule has 0 unspecified atom stereocenters. The van der Waals surface area contributed by atoms with Gasteiger partial charge in [0.1, 0.15) is 11.6 Å². The van der Waals surface area contributed by atoms with Crippen LogP contribution in [0.25, 0.3) is 10.9 Å². The van der Waals surface area contributed by atoms with Gasteiger partial charge in [-0.2, -0.15) is 8.78 Å². The molecule has 0 saturated carbocycles. The lowest BCUT2D eigenvalue weighted by Crippen LogP contribution is -2.32. The van der Waals surface area contributed by atoms with E-state index in [0.29, 0.717) is 10.9 Å². The average molecular weight is 435 g/mol. The van der Waals surface area contributed by atoms with Crippen LogP contribution in [0.3, 0.4) is 0 Å². The second kappa shape index (κ2) is 9.38. The van der Waals surface area contributed by atoms with Gasteiger partial charge in [0.05, 0.1) is 23.0 Å². The fraction of sp³-hybridized carbons (Fsp3) is 0.125. The second-order valence-electron chi connectivity index (χ2n) is 7.05. The minimum absolute atomic E-state index is 0.00753. The number of benzene rings is 3. The van der Waals surface area contributed by atoms with E-state index in [4.69, 9.17) is 0 Å². The quantitative estimate of drug-likeness (QED) is 0.468. The predicted molar refractivity (Wildman–Crippen MR) is 115 cm³/mol. The highest BCUT2D eigenvalue weighted by atomic mass is 19.3. The van der Waals surface area contributed by atoms with E-state index in [9.17, 15) is 18.4 Å². The van der Waals surface area contributed by atoms with Gasteiger partial charge in [-0.1, -0.05) is 54.6 Å². The first-order chi connectivity index (χ1) is 15.5. The Morgan fingerprint density at radius 1 is 0.938 bits per heavy atom. The second-order valence-corrected chi connectivity index (χ2v) is 7.05. The molecule has 1 aromatic heterocycles. The molecular weight excluding hydrogens is 416 g/mol. The number of fused-ring (bicyclic) bond motifs is 1. The van der Waals surface area contributed by atoms with Gasteiger partial charge < -0.3 is 14.6 Å². The number of hydrogen-bond acceptors (Lipinski definition) is 4. The van der Waals surface area contributed by atoms with Gasteiger partial charge in [0, 0.05) is 6.54 Å². The summed E-state index contributed by atoms with van der Waals surface area (Å²) in [5.41, 5.74) is 1.00. The molecule has 0 saturated heterocycles. The molecule has 1 N–H and O–H groups in total. The number of nitrogens with zero attached hydrogens (tertiary/aromatic N) is 2. The van der Waals surface area contributed by atoms with Crippen molar-refractivity contribution in [3.05, 3.63) is 106 Å². The molecule has 162 valence electrons. The minimum atomic E-state index is -3.06. The minimum Gasteiger partial charge on any atom is -0.434 e. The summed E-state index contributed by atoms with van der Waals surface area (Å²) in [6, 6.07) is 21.9. The van der Waals surface area contributed by atoms with E-state index >= 15 is 0 Å². The highest BCUT2D eigenvalue weighted by Crippen LogP contribution is 2.23. The maximum absolute atomic E-state index is 13.4. The van der Waals surface area contributed by atoms with Gasteiger partial charge in [0.25, 0.3) is 11.5 Å². The van der Waals surface area contributed by atoms with E-state index in [-0.39, 0.29) is 35.8 Å². The smallest absolute Gasteiger partial charge is 0.387 e. The third-order valence-corrected chi connectivity index (χ3v) is 4.84. The van der Waals surface area contributed by atoms with Crippen LogP contribution in [-0.4, -0.2) is 27.4 Å². The third-order valence-electron chi connectivity index (χ3n) is 4.84. The van der Waals surface area contributed by atoms with Crippen molar-refractivity contribution in [2.75, 3.05) is 0 Å². The molecule has 0 aliphatic heterocycles. The van der Waals surface area contributed by atoms with Crippen LogP contribution in [0.5, 0.6) is 5.75 Å². The number of nitrogens with one attached hydrogen (secondary N) is 1. The SMILES string of the molecule is O=C(c1ccccc1OC(F)F)N(Cc1ccccc1)Cc1nc2ccccc2c(=O)[nH]1.